The van der Waals surface area contributed by atoms with Crippen molar-refractivity contribution in [2.24, 2.45) is 0 Å². The predicted molar refractivity (Wildman–Crippen MR) is 234 cm³/mol. The number of nitrogens with zero attached hydrogens (tertiary/aromatic N) is 1. The maximum Gasteiger partial charge on any atom is 0.0729 e. The van der Waals surface area contributed by atoms with Crippen LogP contribution in [0.4, 0.5) is 17.1 Å². The maximum atomic E-state index is 2.56. The molecule has 0 radical (unpaired) electrons. The van der Waals surface area contributed by atoms with Crippen LogP contribution in [-0.2, 0) is 5.41 Å². The van der Waals surface area contributed by atoms with Crippen molar-refractivity contribution >= 4 is 59.3 Å². The highest BCUT2D eigenvalue weighted by Crippen LogP contribution is 2.64. The molecule has 12 rings (SSSR count). The first-order valence-corrected chi connectivity index (χ1v) is 20.8. The van der Waals surface area contributed by atoms with Crippen LogP contribution in [0.2, 0.25) is 0 Å². The highest BCUT2D eigenvalue weighted by molar-refractivity contribution is 7.25. The molecule has 8 aromatic carbocycles. The molecule has 1 atom stereocenters. The minimum absolute atomic E-state index is 0.461. The second-order valence-corrected chi connectivity index (χ2v) is 16.9. The van der Waals surface area contributed by atoms with Gasteiger partial charge in [0.25, 0.3) is 0 Å². The molecule has 3 aliphatic carbocycles. The van der Waals surface area contributed by atoms with E-state index in [4.69, 9.17) is 0 Å². The van der Waals surface area contributed by atoms with Crippen LogP contribution in [0.5, 0.6) is 0 Å². The third kappa shape index (κ3) is 4.41. The van der Waals surface area contributed by atoms with Crippen LogP contribution in [0.1, 0.15) is 65.8 Å². The zero-order valence-electron chi connectivity index (χ0n) is 30.6. The zero-order valence-corrected chi connectivity index (χ0v) is 31.5. The van der Waals surface area contributed by atoms with Crippen LogP contribution in [0.25, 0.3) is 53.2 Å². The second kappa shape index (κ2) is 12.0. The number of anilines is 3. The Morgan fingerprint density at radius 1 is 0.455 bits per heavy atom. The maximum absolute atomic E-state index is 2.56. The van der Waals surface area contributed by atoms with E-state index in [1.807, 2.05) is 11.3 Å². The van der Waals surface area contributed by atoms with Gasteiger partial charge < -0.3 is 4.90 Å². The van der Waals surface area contributed by atoms with E-state index in [0.717, 1.165) is 5.69 Å². The third-order valence-electron chi connectivity index (χ3n) is 13.0. The molecule has 0 saturated heterocycles. The van der Waals surface area contributed by atoms with Crippen LogP contribution in [-0.4, -0.2) is 0 Å². The molecule has 55 heavy (non-hydrogen) atoms. The van der Waals surface area contributed by atoms with Gasteiger partial charge in [-0.05, 0) is 122 Å². The Kier molecular flexibility index (Phi) is 6.86. The van der Waals surface area contributed by atoms with Gasteiger partial charge in [0.15, 0.2) is 0 Å². The Labute approximate surface area is 326 Å². The molecule has 262 valence electrons. The first kappa shape index (κ1) is 31.4. The number of para-hydroxylation sites is 1. The number of benzene rings is 8. The van der Waals surface area contributed by atoms with E-state index >= 15 is 0 Å². The van der Waals surface area contributed by atoms with E-state index in [-0.39, 0.29) is 0 Å². The monoisotopic (exact) mass is 721 g/mol. The summed E-state index contributed by atoms with van der Waals surface area (Å²) in [5, 5.41) is 5.43. The highest BCUT2D eigenvalue weighted by Gasteiger charge is 2.51. The average Bonchev–Trinajstić information content (AvgIpc) is 3.76. The van der Waals surface area contributed by atoms with Crippen LogP contribution >= 0.6 is 11.3 Å². The molecule has 1 saturated carbocycles. The third-order valence-corrected chi connectivity index (χ3v) is 14.2. The summed E-state index contributed by atoms with van der Waals surface area (Å²) in [6, 6.07) is 64.7. The molecular weight excluding hydrogens is 683 g/mol. The van der Waals surface area contributed by atoms with Crippen molar-refractivity contribution in [2.75, 3.05) is 4.90 Å². The molecule has 0 amide bonds. The van der Waals surface area contributed by atoms with Gasteiger partial charge in [-0.25, -0.2) is 0 Å². The summed E-state index contributed by atoms with van der Waals surface area (Å²) in [6.07, 6.45) is 6.47. The molecule has 3 aliphatic rings. The fourth-order valence-electron chi connectivity index (χ4n) is 10.8. The molecule has 0 N–H and O–H groups in total. The fourth-order valence-corrected chi connectivity index (χ4v) is 11.9. The second-order valence-electron chi connectivity index (χ2n) is 15.8. The molecule has 1 nitrogen and oxygen atoms in total. The number of thiophene rings is 1. The van der Waals surface area contributed by atoms with Gasteiger partial charge in [-0.3, -0.25) is 0 Å². The lowest BCUT2D eigenvalue weighted by molar-refractivity contribution is 0.440. The Morgan fingerprint density at radius 2 is 1.11 bits per heavy atom. The van der Waals surface area contributed by atoms with E-state index in [1.165, 1.54) is 119 Å². The minimum Gasteiger partial charge on any atom is -0.310 e. The van der Waals surface area contributed by atoms with Crippen molar-refractivity contribution in [2.45, 2.75) is 43.4 Å². The van der Waals surface area contributed by atoms with Gasteiger partial charge in [0.1, 0.15) is 0 Å². The lowest BCUT2D eigenvalue weighted by Gasteiger charge is -2.43. The van der Waals surface area contributed by atoms with Crippen molar-refractivity contribution in [1.82, 2.24) is 0 Å². The first-order valence-electron chi connectivity index (χ1n) is 20.0. The van der Waals surface area contributed by atoms with Gasteiger partial charge in [0, 0.05) is 37.2 Å². The standard InChI is InChI=1S/C53H39NS/c1-3-14-34(15-4-1)39-29-26-35-16-13-22-45-41-20-8-11-24-47(41)53(52(39)51(35)45)46-23-10-7-19-40(46)42-30-27-37(32-48(42)53)54(36-17-5-2-6-18-36)38-28-31-44-43-21-9-12-25-49(43)55-50(44)33-38/h2,5-13,16-34H,1,3-4,14-15H2. The minimum atomic E-state index is -0.461. The number of fused-ring (bicyclic) bond motifs is 12. The number of hydrogen-bond donors (Lipinski definition) is 0. The van der Waals surface area contributed by atoms with Gasteiger partial charge in [0.2, 0.25) is 0 Å². The first-order chi connectivity index (χ1) is 27.3. The number of hydrogen-bond acceptors (Lipinski definition) is 2. The van der Waals surface area contributed by atoms with Crippen molar-refractivity contribution < 1.29 is 0 Å². The summed E-state index contributed by atoms with van der Waals surface area (Å²) in [4.78, 5) is 2.48. The number of rotatable bonds is 4. The van der Waals surface area contributed by atoms with Crippen molar-refractivity contribution in [1.29, 1.82) is 0 Å². The van der Waals surface area contributed by atoms with Gasteiger partial charge in [-0.15, -0.1) is 11.3 Å². The summed E-state index contributed by atoms with van der Waals surface area (Å²) in [5.41, 5.74) is 15.7. The molecule has 1 unspecified atom stereocenters. The molecule has 0 bridgehead atoms. The van der Waals surface area contributed by atoms with Crippen molar-refractivity contribution in [3.63, 3.8) is 0 Å². The summed E-state index contributed by atoms with van der Waals surface area (Å²) < 4.78 is 2.64. The SMILES string of the molecule is c1ccc(N(c2ccc3c(c2)C2(c4ccccc4-3)c3ccccc3-c3cccc4ccc(C5CCCCC5)c2c34)c2ccc3c(c2)sc2ccccc23)cc1. The average molecular weight is 722 g/mol. The summed E-state index contributed by atoms with van der Waals surface area (Å²) in [6.45, 7) is 0. The van der Waals surface area contributed by atoms with Crippen LogP contribution < -0.4 is 4.90 Å². The Balaban J connectivity index is 1.18. The molecule has 1 aromatic heterocycles. The summed E-state index contributed by atoms with van der Waals surface area (Å²) in [5.74, 6) is 0.552. The topological polar surface area (TPSA) is 3.24 Å². The highest BCUT2D eigenvalue weighted by atomic mass is 32.1. The zero-order chi connectivity index (χ0) is 36.1. The molecule has 1 fully saturated rings. The lowest BCUT2D eigenvalue weighted by Crippen LogP contribution is -2.34. The Morgan fingerprint density at radius 3 is 1.95 bits per heavy atom. The van der Waals surface area contributed by atoms with E-state index in [1.54, 1.807) is 5.56 Å². The van der Waals surface area contributed by atoms with Crippen molar-refractivity contribution in [3.8, 4) is 22.3 Å². The summed E-state index contributed by atoms with van der Waals surface area (Å²) >= 11 is 1.88. The predicted octanol–water partition coefficient (Wildman–Crippen LogP) is 15.1. The molecule has 2 heteroatoms. The summed E-state index contributed by atoms with van der Waals surface area (Å²) in [7, 11) is 0. The molecule has 0 aliphatic heterocycles. The van der Waals surface area contributed by atoms with E-state index in [2.05, 4.69) is 175 Å². The normalized spacial score (nSPS) is 17.1. The molecular formula is C53H39NS. The molecule has 1 heterocycles. The van der Waals surface area contributed by atoms with E-state index in [9.17, 15) is 0 Å². The van der Waals surface area contributed by atoms with Gasteiger partial charge in [-0.1, -0.05) is 147 Å². The van der Waals surface area contributed by atoms with E-state index in [0.29, 0.717) is 5.92 Å². The van der Waals surface area contributed by atoms with E-state index < -0.39 is 5.41 Å². The molecule has 1 spiro atoms. The fraction of sp³-hybridized carbons (Fsp3) is 0.132. The lowest BCUT2D eigenvalue weighted by atomic mass is 9.59. The van der Waals surface area contributed by atoms with Crippen molar-refractivity contribution in [3.05, 3.63) is 198 Å². The van der Waals surface area contributed by atoms with Crippen LogP contribution in [0.3, 0.4) is 0 Å². The molecule has 9 aromatic rings. The van der Waals surface area contributed by atoms with Crippen LogP contribution in [0.15, 0.2) is 170 Å². The largest absolute Gasteiger partial charge is 0.310 e. The quantitative estimate of drug-likeness (QED) is 0.175. The smallest absolute Gasteiger partial charge is 0.0729 e. The van der Waals surface area contributed by atoms with Gasteiger partial charge >= 0.3 is 0 Å². The van der Waals surface area contributed by atoms with Gasteiger partial charge in [-0.2, -0.15) is 0 Å². The Bertz CT molecular complexity index is 2980. The van der Waals surface area contributed by atoms with Crippen LogP contribution in [0, 0.1) is 0 Å². The van der Waals surface area contributed by atoms with Gasteiger partial charge in [0.05, 0.1) is 5.41 Å². The Hall–Kier alpha value is -5.96.